The first kappa shape index (κ1) is 17.3. The minimum absolute atomic E-state index is 0.131. The third-order valence-electron chi connectivity index (χ3n) is 4.66. The molecule has 0 saturated heterocycles. The summed E-state index contributed by atoms with van der Waals surface area (Å²) in [6, 6.07) is 10.1. The van der Waals surface area contributed by atoms with Gasteiger partial charge in [-0.2, -0.15) is 5.10 Å². The molecule has 0 bridgehead atoms. The second-order valence-electron chi connectivity index (χ2n) is 6.50. The van der Waals surface area contributed by atoms with Gasteiger partial charge in [-0.25, -0.2) is 5.43 Å². The first-order chi connectivity index (χ1) is 12.2. The summed E-state index contributed by atoms with van der Waals surface area (Å²) in [5.41, 5.74) is 4.52. The van der Waals surface area contributed by atoms with Crippen LogP contribution in [0.2, 0.25) is 0 Å². The fourth-order valence-electron chi connectivity index (χ4n) is 3.26. The summed E-state index contributed by atoms with van der Waals surface area (Å²) < 4.78 is 7.39. The maximum absolute atomic E-state index is 11.9. The number of ether oxygens (including phenoxy) is 1. The summed E-state index contributed by atoms with van der Waals surface area (Å²) in [6.07, 6.45) is 12.7. The van der Waals surface area contributed by atoms with Crippen molar-refractivity contribution in [3.63, 3.8) is 0 Å². The average Bonchev–Trinajstić information content (AvgIpc) is 3.12. The summed E-state index contributed by atoms with van der Waals surface area (Å²) in [7, 11) is 1.62. The van der Waals surface area contributed by atoms with Gasteiger partial charge in [0.05, 0.1) is 19.7 Å². The first-order valence-electron chi connectivity index (χ1n) is 8.87. The monoisotopic (exact) mass is 339 g/mol. The van der Waals surface area contributed by atoms with E-state index >= 15 is 0 Å². The Hall–Kier alpha value is -2.56. The number of hydrogen-bond donors (Lipinski definition) is 1. The van der Waals surface area contributed by atoms with Crippen molar-refractivity contribution in [2.24, 2.45) is 5.10 Å². The van der Waals surface area contributed by atoms with Crippen molar-refractivity contribution >= 4 is 12.1 Å². The van der Waals surface area contributed by atoms with Crippen LogP contribution in [0.1, 0.15) is 49.3 Å². The number of methoxy groups -OCH3 is 1. The number of carbonyl (C=O) groups is 1. The number of aromatic nitrogens is 1. The summed E-state index contributed by atoms with van der Waals surface area (Å²) >= 11 is 0. The third-order valence-corrected chi connectivity index (χ3v) is 4.66. The van der Waals surface area contributed by atoms with Gasteiger partial charge < -0.3 is 9.30 Å². The summed E-state index contributed by atoms with van der Waals surface area (Å²) in [5.74, 6) is 0.651. The third kappa shape index (κ3) is 4.95. The van der Waals surface area contributed by atoms with Gasteiger partial charge in [0.2, 0.25) is 5.91 Å². The highest BCUT2D eigenvalue weighted by Crippen LogP contribution is 2.28. The molecule has 5 heteroatoms. The van der Waals surface area contributed by atoms with Crippen LogP contribution in [0.4, 0.5) is 0 Å². The average molecular weight is 339 g/mol. The normalized spacial score (nSPS) is 15.4. The van der Waals surface area contributed by atoms with Gasteiger partial charge in [-0.05, 0) is 36.6 Å². The predicted octanol–water partition coefficient (Wildman–Crippen LogP) is 3.69. The molecule has 0 unspecified atom stereocenters. The fraction of sp³-hybridized carbons (Fsp3) is 0.400. The lowest BCUT2D eigenvalue weighted by molar-refractivity contribution is -0.120. The van der Waals surface area contributed by atoms with E-state index in [1.807, 2.05) is 30.3 Å². The van der Waals surface area contributed by atoms with E-state index in [2.05, 4.69) is 27.5 Å². The van der Waals surface area contributed by atoms with Crippen molar-refractivity contribution in [2.75, 3.05) is 7.11 Å². The van der Waals surface area contributed by atoms with Crippen molar-refractivity contribution in [1.82, 2.24) is 9.99 Å². The summed E-state index contributed by atoms with van der Waals surface area (Å²) in [5, 5.41) is 4.07. The Bertz CT molecular complexity index is 713. The van der Waals surface area contributed by atoms with Gasteiger partial charge in [-0.15, -0.1) is 0 Å². The Morgan fingerprint density at radius 3 is 2.72 bits per heavy atom. The van der Waals surface area contributed by atoms with Gasteiger partial charge in [-0.3, -0.25) is 4.79 Å². The van der Waals surface area contributed by atoms with Gasteiger partial charge in [0, 0.05) is 24.0 Å². The molecule has 1 heterocycles. The van der Waals surface area contributed by atoms with Crippen molar-refractivity contribution in [3.8, 4) is 5.75 Å². The van der Waals surface area contributed by atoms with Crippen LogP contribution in [0.15, 0.2) is 47.8 Å². The number of nitrogens with one attached hydrogen (secondary N) is 1. The Morgan fingerprint density at radius 1 is 1.24 bits per heavy atom. The van der Waals surface area contributed by atoms with Crippen molar-refractivity contribution in [2.45, 2.75) is 44.6 Å². The minimum Gasteiger partial charge on any atom is -0.497 e. The highest BCUT2D eigenvalue weighted by atomic mass is 16.5. The largest absolute Gasteiger partial charge is 0.497 e. The fourth-order valence-corrected chi connectivity index (χ4v) is 3.26. The number of amides is 1. The zero-order chi connectivity index (χ0) is 17.5. The Balaban J connectivity index is 1.48. The topological polar surface area (TPSA) is 55.6 Å². The summed E-state index contributed by atoms with van der Waals surface area (Å²) in [4.78, 5) is 11.9. The van der Waals surface area contributed by atoms with E-state index in [1.165, 1.54) is 32.1 Å². The quantitative estimate of drug-likeness (QED) is 0.644. The summed E-state index contributed by atoms with van der Waals surface area (Å²) in [6.45, 7) is 0. The molecule has 132 valence electrons. The molecular formula is C20H25N3O2. The zero-order valence-electron chi connectivity index (χ0n) is 14.6. The van der Waals surface area contributed by atoms with E-state index in [-0.39, 0.29) is 5.91 Å². The molecule has 1 aliphatic carbocycles. The molecule has 0 atom stereocenters. The van der Waals surface area contributed by atoms with E-state index in [9.17, 15) is 4.79 Å². The molecule has 1 aromatic heterocycles. The molecule has 1 fully saturated rings. The molecular weight excluding hydrogens is 314 g/mol. The van der Waals surface area contributed by atoms with Crippen LogP contribution in [-0.2, 0) is 11.2 Å². The van der Waals surface area contributed by atoms with E-state index in [0.717, 1.165) is 16.9 Å². The Morgan fingerprint density at radius 2 is 2.00 bits per heavy atom. The van der Waals surface area contributed by atoms with Gasteiger partial charge in [-0.1, -0.05) is 31.4 Å². The van der Waals surface area contributed by atoms with Crippen LogP contribution in [-0.4, -0.2) is 23.8 Å². The van der Waals surface area contributed by atoms with Crippen LogP contribution in [0.5, 0.6) is 5.75 Å². The lowest BCUT2D eigenvalue weighted by atomic mass is 9.95. The number of benzene rings is 1. The van der Waals surface area contributed by atoms with Crippen LogP contribution in [0.25, 0.3) is 0 Å². The molecule has 1 N–H and O–H groups in total. The van der Waals surface area contributed by atoms with E-state index in [4.69, 9.17) is 4.74 Å². The van der Waals surface area contributed by atoms with Gasteiger partial charge in [0.25, 0.3) is 0 Å². The molecule has 0 aliphatic heterocycles. The van der Waals surface area contributed by atoms with Crippen molar-refractivity contribution in [3.05, 3.63) is 53.9 Å². The number of hydrazone groups is 1. The Labute approximate surface area is 148 Å². The number of carbonyl (C=O) groups excluding carboxylic acids is 1. The van der Waals surface area contributed by atoms with Crippen LogP contribution in [0.3, 0.4) is 0 Å². The van der Waals surface area contributed by atoms with Crippen LogP contribution < -0.4 is 10.2 Å². The molecule has 0 radical (unpaired) electrons. The standard InChI is InChI=1S/C20H25N3O2/c1-25-19-9-7-16(8-10-19)13-20(24)22-21-14-17-11-12-23(15-17)18-5-3-2-4-6-18/h7-12,14-15,18H,2-6,13H2,1H3,(H,22,24)/b21-14+. The molecule has 3 rings (SSSR count). The molecule has 0 spiro atoms. The van der Waals surface area contributed by atoms with Crippen molar-refractivity contribution in [1.29, 1.82) is 0 Å². The SMILES string of the molecule is COc1ccc(CC(=O)N/N=C/c2ccn(C3CCCCC3)c2)cc1. The predicted molar refractivity (Wildman–Crippen MR) is 99.0 cm³/mol. The van der Waals surface area contributed by atoms with E-state index in [1.54, 1.807) is 13.3 Å². The van der Waals surface area contributed by atoms with Gasteiger partial charge in [0.1, 0.15) is 5.75 Å². The van der Waals surface area contributed by atoms with E-state index in [0.29, 0.717) is 12.5 Å². The molecule has 5 nitrogen and oxygen atoms in total. The maximum Gasteiger partial charge on any atom is 0.244 e. The van der Waals surface area contributed by atoms with Crippen LogP contribution in [0, 0.1) is 0 Å². The van der Waals surface area contributed by atoms with Gasteiger partial charge >= 0.3 is 0 Å². The Kier molecular flexibility index (Phi) is 5.88. The zero-order valence-corrected chi connectivity index (χ0v) is 14.6. The molecule has 2 aromatic rings. The molecule has 1 saturated carbocycles. The lowest BCUT2D eigenvalue weighted by Crippen LogP contribution is -2.19. The van der Waals surface area contributed by atoms with Gasteiger partial charge in [0.15, 0.2) is 0 Å². The van der Waals surface area contributed by atoms with Crippen molar-refractivity contribution < 1.29 is 9.53 Å². The van der Waals surface area contributed by atoms with E-state index < -0.39 is 0 Å². The van der Waals surface area contributed by atoms with Crippen LogP contribution >= 0.6 is 0 Å². The number of nitrogens with zero attached hydrogens (tertiary/aromatic N) is 2. The minimum atomic E-state index is -0.131. The second kappa shape index (κ2) is 8.51. The number of hydrogen-bond acceptors (Lipinski definition) is 3. The molecule has 1 aromatic carbocycles. The molecule has 25 heavy (non-hydrogen) atoms. The second-order valence-corrected chi connectivity index (χ2v) is 6.50. The highest BCUT2D eigenvalue weighted by Gasteiger charge is 2.14. The highest BCUT2D eigenvalue weighted by molar-refractivity contribution is 5.83. The lowest BCUT2D eigenvalue weighted by Gasteiger charge is -2.23. The molecule has 1 aliphatic rings. The molecule has 1 amide bonds. The maximum atomic E-state index is 11.9. The number of rotatable bonds is 6. The first-order valence-corrected chi connectivity index (χ1v) is 8.87. The smallest absolute Gasteiger partial charge is 0.244 e.